The Bertz CT molecular complexity index is 468. The van der Waals surface area contributed by atoms with Gasteiger partial charge in [0.2, 0.25) is 5.91 Å². The summed E-state index contributed by atoms with van der Waals surface area (Å²) in [6.07, 6.45) is -2.03. The van der Waals surface area contributed by atoms with Gasteiger partial charge in [-0.2, -0.15) is 0 Å². The van der Waals surface area contributed by atoms with Crippen LogP contribution in [0.15, 0.2) is 30.3 Å². The first-order valence-electron chi connectivity index (χ1n) is 7.05. The van der Waals surface area contributed by atoms with E-state index in [1.165, 1.54) is 7.05 Å². The van der Waals surface area contributed by atoms with E-state index in [2.05, 4.69) is 5.32 Å². The van der Waals surface area contributed by atoms with Crippen molar-refractivity contribution >= 4 is 5.91 Å². The van der Waals surface area contributed by atoms with Crippen LogP contribution in [-0.2, 0) is 11.3 Å². The van der Waals surface area contributed by atoms with Crippen molar-refractivity contribution in [2.45, 2.75) is 37.3 Å². The molecule has 0 bridgehead atoms. The van der Waals surface area contributed by atoms with Crippen LogP contribution in [0.2, 0.25) is 0 Å². The fraction of sp³-hybridized carbons (Fsp3) is 0.533. The molecule has 1 fully saturated rings. The first-order valence-corrected chi connectivity index (χ1v) is 7.05. The Morgan fingerprint density at radius 1 is 1.19 bits per heavy atom. The van der Waals surface area contributed by atoms with Gasteiger partial charge in [-0.1, -0.05) is 30.3 Å². The van der Waals surface area contributed by atoms with Crippen LogP contribution >= 0.6 is 0 Å². The van der Waals surface area contributed by atoms with Gasteiger partial charge in [0.15, 0.2) is 0 Å². The molecule has 0 saturated carbocycles. The maximum absolute atomic E-state index is 11.6. The van der Waals surface area contributed by atoms with E-state index in [0.29, 0.717) is 6.54 Å². The summed E-state index contributed by atoms with van der Waals surface area (Å²) in [5, 5.41) is 32.3. The largest absolute Gasteiger partial charge is 0.395 e. The Morgan fingerprint density at radius 3 is 2.38 bits per heavy atom. The van der Waals surface area contributed by atoms with Crippen LogP contribution in [-0.4, -0.2) is 64.1 Å². The van der Waals surface area contributed by atoms with E-state index >= 15 is 0 Å². The molecule has 1 amide bonds. The van der Waals surface area contributed by atoms with Gasteiger partial charge in [-0.25, -0.2) is 0 Å². The van der Waals surface area contributed by atoms with E-state index in [1.807, 2.05) is 30.3 Å². The Kier molecular flexibility index (Phi) is 5.30. The van der Waals surface area contributed by atoms with Gasteiger partial charge in [-0.05, 0) is 5.56 Å². The number of amides is 1. The monoisotopic (exact) mass is 294 g/mol. The van der Waals surface area contributed by atoms with Gasteiger partial charge in [0.05, 0.1) is 24.9 Å². The van der Waals surface area contributed by atoms with Gasteiger partial charge in [-0.3, -0.25) is 9.69 Å². The highest BCUT2D eigenvalue weighted by molar-refractivity contribution is 5.76. The van der Waals surface area contributed by atoms with Gasteiger partial charge in [-0.15, -0.1) is 0 Å². The van der Waals surface area contributed by atoms with Gasteiger partial charge < -0.3 is 20.6 Å². The second-order valence-electron chi connectivity index (χ2n) is 5.33. The van der Waals surface area contributed by atoms with Gasteiger partial charge in [0, 0.05) is 26.1 Å². The molecule has 1 aromatic carbocycles. The highest BCUT2D eigenvalue weighted by atomic mass is 16.3. The third-order valence-corrected chi connectivity index (χ3v) is 4.06. The summed E-state index contributed by atoms with van der Waals surface area (Å²) in [5.74, 6) is -0.206. The minimum atomic E-state index is -1.06. The number of carbonyl (C=O) groups is 1. The van der Waals surface area contributed by atoms with Crippen molar-refractivity contribution in [2.24, 2.45) is 0 Å². The number of benzene rings is 1. The number of rotatable bonds is 5. The topological polar surface area (TPSA) is 93.0 Å². The lowest BCUT2D eigenvalue weighted by atomic mass is 10.1. The molecule has 6 nitrogen and oxygen atoms in total. The molecule has 0 radical (unpaired) electrons. The standard InChI is InChI=1S/C15H22N2O4/c1-16-13(19)7-11-14(20)15(21)12(9-18)17(11)8-10-5-3-2-4-6-10/h2-6,11-12,14-15,18,20-21H,7-9H2,1H3,(H,16,19)/t11-,12-,14-,15-/m1/s1. The van der Waals surface area contributed by atoms with Crippen molar-refractivity contribution in [3.8, 4) is 0 Å². The lowest BCUT2D eigenvalue weighted by Gasteiger charge is -2.29. The van der Waals surface area contributed by atoms with Crippen molar-refractivity contribution in [1.29, 1.82) is 0 Å². The zero-order valence-electron chi connectivity index (χ0n) is 12.0. The molecule has 116 valence electrons. The number of nitrogens with one attached hydrogen (secondary N) is 1. The van der Waals surface area contributed by atoms with Crippen LogP contribution in [0.1, 0.15) is 12.0 Å². The smallest absolute Gasteiger partial charge is 0.221 e. The average molecular weight is 294 g/mol. The van der Waals surface area contributed by atoms with Crippen molar-refractivity contribution in [3.05, 3.63) is 35.9 Å². The molecule has 1 saturated heterocycles. The fourth-order valence-electron chi connectivity index (χ4n) is 2.87. The van der Waals surface area contributed by atoms with Gasteiger partial charge in [0.25, 0.3) is 0 Å². The molecule has 0 unspecified atom stereocenters. The minimum Gasteiger partial charge on any atom is -0.395 e. The van der Waals surface area contributed by atoms with Crippen LogP contribution in [0.5, 0.6) is 0 Å². The third kappa shape index (κ3) is 3.41. The van der Waals surface area contributed by atoms with E-state index in [1.54, 1.807) is 4.90 Å². The van der Waals surface area contributed by atoms with Crippen molar-refractivity contribution < 1.29 is 20.1 Å². The molecular formula is C15H22N2O4. The Hall–Kier alpha value is -1.47. The van der Waals surface area contributed by atoms with Gasteiger partial charge in [0.1, 0.15) is 0 Å². The van der Waals surface area contributed by atoms with E-state index in [0.717, 1.165) is 5.56 Å². The number of likely N-dealkylation sites (tertiary alicyclic amines) is 1. The highest BCUT2D eigenvalue weighted by Crippen LogP contribution is 2.29. The predicted molar refractivity (Wildman–Crippen MR) is 77.3 cm³/mol. The molecule has 0 spiro atoms. The third-order valence-electron chi connectivity index (χ3n) is 4.06. The predicted octanol–water partition coefficient (Wildman–Crippen LogP) is -0.910. The Balaban J connectivity index is 2.20. The zero-order chi connectivity index (χ0) is 15.4. The number of carbonyl (C=O) groups excluding carboxylic acids is 1. The summed E-state index contributed by atoms with van der Waals surface area (Å²) in [6, 6.07) is 8.49. The SMILES string of the molecule is CNC(=O)C[C@@H]1[C@@H](O)[C@H](O)[C@@H](CO)N1Cc1ccccc1. The Labute approximate surface area is 124 Å². The number of aliphatic hydroxyl groups excluding tert-OH is 3. The summed E-state index contributed by atoms with van der Waals surface area (Å²) in [5.41, 5.74) is 0.999. The number of nitrogens with zero attached hydrogens (tertiary/aromatic N) is 1. The molecule has 1 heterocycles. The lowest BCUT2D eigenvalue weighted by molar-refractivity contribution is -0.122. The molecule has 0 aliphatic carbocycles. The van der Waals surface area contributed by atoms with E-state index in [-0.39, 0.29) is 18.9 Å². The number of hydrogen-bond acceptors (Lipinski definition) is 5. The lowest BCUT2D eigenvalue weighted by Crippen LogP contribution is -2.42. The molecule has 2 rings (SSSR count). The summed E-state index contributed by atoms with van der Waals surface area (Å²) in [6.45, 7) is 0.192. The van der Waals surface area contributed by atoms with Crippen LogP contribution in [0.25, 0.3) is 0 Å². The van der Waals surface area contributed by atoms with Crippen LogP contribution in [0.4, 0.5) is 0 Å². The molecule has 21 heavy (non-hydrogen) atoms. The summed E-state index contributed by atoms with van der Waals surface area (Å²) in [4.78, 5) is 13.4. The second kappa shape index (κ2) is 7.00. The van der Waals surface area contributed by atoms with E-state index in [4.69, 9.17) is 0 Å². The summed E-state index contributed by atoms with van der Waals surface area (Å²) in [7, 11) is 1.53. The van der Waals surface area contributed by atoms with Crippen LogP contribution in [0, 0.1) is 0 Å². The maximum atomic E-state index is 11.6. The quantitative estimate of drug-likeness (QED) is 0.564. The second-order valence-corrected chi connectivity index (χ2v) is 5.33. The molecular weight excluding hydrogens is 272 g/mol. The molecule has 0 aromatic heterocycles. The molecule has 4 N–H and O–H groups in total. The number of aliphatic hydroxyl groups is 3. The molecule has 1 aliphatic rings. The first kappa shape index (κ1) is 15.9. The van der Waals surface area contributed by atoms with Gasteiger partial charge >= 0.3 is 0 Å². The van der Waals surface area contributed by atoms with Crippen LogP contribution in [0.3, 0.4) is 0 Å². The van der Waals surface area contributed by atoms with Crippen molar-refractivity contribution in [3.63, 3.8) is 0 Å². The van der Waals surface area contributed by atoms with E-state index in [9.17, 15) is 20.1 Å². The summed E-state index contributed by atoms with van der Waals surface area (Å²) < 4.78 is 0. The average Bonchev–Trinajstić information content (AvgIpc) is 2.72. The number of hydrogen-bond donors (Lipinski definition) is 4. The molecule has 1 aromatic rings. The highest BCUT2D eigenvalue weighted by Gasteiger charge is 2.47. The fourth-order valence-corrected chi connectivity index (χ4v) is 2.87. The normalized spacial score (nSPS) is 29.5. The molecule has 6 heteroatoms. The van der Waals surface area contributed by atoms with Crippen molar-refractivity contribution in [1.82, 2.24) is 10.2 Å². The maximum Gasteiger partial charge on any atom is 0.221 e. The summed E-state index contributed by atoms with van der Waals surface area (Å²) >= 11 is 0. The van der Waals surface area contributed by atoms with E-state index < -0.39 is 24.3 Å². The Morgan fingerprint density at radius 2 is 1.81 bits per heavy atom. The molecule has 4 atom stereocenters. The van der Waals surface area contributed by atoms with Crippen molar-refractivity contribution in [2.75, 3.05) is 13.7 Å². The minimum absolute atomic E-state index is 0.0814. The first-order chi connectivity index (χ1) is 10.1. The van der Waals surface area contributed by atoms with Crippen LogP contribution < -0.4 is 5.32 Å². The molecule has 1 aliphatic heterocycles. The zero-order valence-corrected chi connectivity index (χ0v) is 12.0.